The highest BCUT2D eigenvalue weighted by Gasteiger charge is 2.33. The normalized spacial score (nSPS) is 15.3. The molecule has 0 saturated heterocycles. The first kappa shape index (κ1) is 12.8. The zero-order valence-corrected chi connectivity index (χ0v) is 10.2. The van der Waals surface area contributed by atoms with Crippen molar-refractivity contribution in [1.29, 1.82) is 0 Å². The van der Waals surface area contributed by atoms with E-state index in [1.165, 1.54) is 0 Å². The maximum Gasteiger partial charge on any atom is 0.431 e. The summed E-state index contributed by atoms with van der Waals surface area (Å²) in [7, 11) is 0. The Hall–Kier alpha value is -2.25. The fraction of sp³-hybridized carbons (Fsp3) is 0.333. The van der Waals surface area contributed by atoms with Gasteiger partial charge in [-0.05, 0) is 25.0 Å². The van der Waals surface area contributed by atoms with E-state index in [9.17, 15) is 18.0 Å². The summed E-state index contributed by atoms with van der Waals surface area (Å²) in [5.74, 6) is 0.102. The molecule has 0 spiro atoms. The van der Waals surface area contributed by atoms with Crippen LogP contribution in [0.4, 0.5) is 19.0 Å². The van der Waals surface area contributed by atoms with Crippen LogP contribution >= 0.6 is 0 Å². The van der Waals surface area contributed by atoms with Gasteiger partial charge in [-0.25, -0.2) is 0 Å². The van der Waals surface area contributed by atoms with E-state index in [4.69, 9.17) is 0 Å². The monoisotopic (exact) mass is 284 g/mol. The van der Waals surface area contributed by atoms with Gasteiger partial charge in [-0.3, -0.25) is 9.89 Å². The van der Waals surface area contributed by atoms with Crippen molar-refractivity contribution in [2.24, 2.45) is 0 Å². The Balaban J connectivity index is 1.70. The largest absolute Gasteiger partial charge is 0.431 e. The Morgan fingerprint density at radius 1 is 1.35 bits per heavy atom. The van der Waals surface area contributed by atoms with Crippen molar-refractivity contribution in [3.05, 3.63) is 35.3 Å². The van der Waals surface area contributed by atoms with E-state index in [1.54, 1.807) is 6.07 Å². The summed E-state index contributed by atoms with van der Waals surface area (Å²) in [4.78, 5) is 13.8. The third kappa shape index (κ3) is 2.54. The minimum absolute atomic E-state index is 0.159. The van der Waals surface area contributed by atoms with Crippen molar-refractivity contribution < 1.29 is 18.0 Å². The maximum atomic E-state index is 12.4. The van der Waals surface area contributed by atoms with E-state index < -0.39 is 17.8 Å². The molecule has 0 unspecified atom stereocenters. The van der Waals surface area contributed by atoms with Gasteiger partial charge >= 0.3 is 6.18 Å². The molecule has 8 heteroatoms. The highest BCUT2D eigenvalue weighted by atomic mass is 19.4. The molecule has 3 N–H and O–H groups in total. The molecule has 20 heavy (non-hydrogen) atoms. The van der Waals surface area contributed by atoms with Crippen LogP contribution in [0.1, 0.15) is 40.6 Å². The Bertz CT molecular complexity index is 639. The zero-order chi connectivity index (χ0) is 14.3. The number of anilines is 1. The average Bonchev–Trinajstić information content (AvgIpc) is 2.91. The van der Waals surface area contributed by atoms with Gasteiger partial charge in [0.05, 0.1) is 0 Å². The van der Waals surface area contributed by atoms with Gasteiger partial charge < -0.3 is 10.3 Å². The summed E-state index contributed by atoms with van der Waals surface area (Å²) in [5.41, 5.74) is -0.181. The van der Waals surface area contributed by atoms with E-state index in [0.717, 1.165) is 30.7 Å². The molecular weight excluding hydrogens is 273 g/mol. The number of hydrogen-bond donors (Lipinski definition) is 3. The molecule has 1 saturated carbocycles. The van der Waals surface area contributed by atoms with E-state index in [-0.39, 0.29) is 5.69 Å². The number of amides is 1. The topological polar surface area (TPSA) is 73.6 Å². The molecule has 2 aromatic rings. The molecule has 0 bridgehead atoms. The molecule has 0 aliphatic heterocycles. The molecule has 3 rings (SSSR count). The number of nitrogens with zero attached hydrogens (tertiary/aromatic N) is 1. The molecule has 0 aromatic carbocycles. The van der Waals surface area contributed by atoms with E-state index in [0.29, 0.717) is 11.7 Å². The highest BCUT2D eigenvalue weighted by molar-refractivity contribution is 6.02. The van der Waals surface area contributed by atoms with Gasteiger partial charge in [-0.2, -0.15) is 18.3 Å². The number of carbonyl (C=O) groups excluding carboxylic acids is 1. The second-order valence-electron chi connectivity index (χ2n) is 4.72. The van der Waals surface area contributed by atoms with Crippen molar-refractivity contribution in [1.82, 2.24) is 15.2 Å². The lowest BCUT2D eigenvalue weighted by Gasteiger charge is -2.02. The summed E-state index contributed by atoms with van der Waals surface area (Å²) in [5, 5.41) is 9.15. The molecule has 2 aromatic heterocycles. The molecule has 1 aliphatic rings. The van der Waals surface area contributed by atoms with E-state index in [2.05, 4.69) is 15.5 Å². The quantitative estimate of drug-likeness (QED) is 0.810. The van der Waals surface area contributed by atoms with Crippen molar-refractivity contribution in [2.45, 2.75) is 24.9 Å². The number of H-pyrrole nitrogens is 2. The predicted octanol–water partition coefficient (Wildman–Crippen LogP) is 2.89. The number of aromatic amines is 2. The molecule has 1 aliphatic carbocycles. The van der Waals surface area contributed by atoms with Crippen LogP contribution in [-0.2, 0) is 6.18 Å². The molecule has 1 fully saturated rings. The molecule has 5 nitrogen and oxygen atoms in total. The number of hydrogen-bond acceptors (Lipinski definition) is 2. The van der Waals surface area contributed by atoms with Crippen LogP contribution in [0.15, 0.2) is 18.2 Å². The summed E-state index contributed by atoms with van der Waals surface area (Å²) in [6.07, 6.45) is -2.33. The van der Waals surface area contributed by atoms with Gasteiger partial charge in [0, 0.05) is 17.7 Å². The van der Waals surface area contributed by atoms with Crippen molar-refractivity contribution in [3.63, 3.8) is 0 Å². The van der Waals surface area contributed by atoms with E-state index >= 15 is 0 Å². The molecule has 2 heterocycles. The first-order valence-corrected chi connectivity index (χ1v) is 6.06. The number of halogens is 3. The van der Waals surface area contributed by atoms with Crippen LogP contribution < -0.4 is 5.32 Å². The van der Waals surface area contributed by atoms with Crippen LogP contribution in [0.2, 0.25) is 0 Å². The Kier molecular flexibility index (Phi) is 2.81. The lowest BCUT2D eigenvalue weighted by atomic mass is 10.3. The summed E-state index contributed by atoms with van der Waals surface area (Å²) < 4.78 is 37.2. The number of carbonyl (C=O) groups is 1. The van der Waals surface area contributed by atoms with Crippen molar-refractivity contribution >= 4 is 11.7 Å². The lowest BCUT2D eigenvalue weighted by molar-refractivity contribution is -0.140. The highest BCUT2D eigenvalue weighted by Crippen LogP contribution is 2.39. The van der Waals surface area contributed by atoms with Crippen LogP contribution in [-0.4, -0.2) is 21.1 Å². The Labute approximate surface area is 111 Å². The molecule has 0 radical (unpaired) electrons. The third-order valence-corrected chi connectivity index (χ3v) is 3.09. The Morgan fingerprint density at radius 3 is 2.70 bits per heavy atom. The minimum Gasteiger partial charge on any atom is -0.347 e. The van der Waals surface area contributed by atoms with Crippen molar-refractivity contribution in [3.8, 4) is 0 Å². The molecular formula is C12H11F3N4O. The second-order valence-corrected chi connectivity index (χ2v) is 4.72. The number of nitrogens with one attached hydrogen (secondary N) is 3. The minimum atomic E-state index is -4.50. The van der Waals surface area contributed by atoms with Crippen LogP contribution in [0, 0.1) is 0 Å². The van der Waals surface area contributed by atoms with Crippen molar-refractivity contribution in [2.75, 3.05) is 5.32 Å². The molecule has 106 valence electrons. The van der Waals surface area contributed by atoms with Gasteiger partial charge in [0.25, 0.3) is 5.91 Å². The zero-order valence-electron chi connectivity index (χ0n) is 10.2. The fourth-order valence-corrected chi connectivity index (χ4v) is 1.88. The standard InChI is InChI=1S/C12H11F3N4O/c13-12(14,15)9-4-3-7(16-9)11(20)17-10-5-8(18-19-10)6-1-2-6/h3-6,16H,1-2H2,(H2,17,18,19,20). The summed E-state index contributed by atoms with van der Waals surface area (Å²) in [6, 6.07) is 3.62. The SMILES string of the molecule is O=C(Nc1cc(C2CC2)[nH]n1)c1ccc(C(F)(F)F)[nH]1. The van der Waals surface area contributed by atoms with Gasteiger partial charge in [0.2, 0.25) is 0 Å². The first-order chi connectivity index (χ1) is 9.43. The molecule has 1 amide bonds. The fourth-order valence-electron chi connectivity index (χ4n) is 1.88. The van der Waals surface area contributed by atoms with Gasteiger partial charge in [0.15, 0.2) is 5.82 Å². The van der Waals surface area contributed by atoms with Crippen LogP contribution in [0.25, 0.3) is 0 Å². The summed E-state index contributed by atoms with van der Waals surface area (Å²) in [6.45, 7) is 0. The van der Waals surface area contributed by atoms with Crippen LogP contribution in [0.3, 0.4) is 0 Å². The number of rotatable bonds is 3. The van der Waals surface area contributed by atoms with Gasteiger partial charge in [-0.1, -0.05) is 0 Å². The second kappa shape index (κ2) is 4.39. The van der Waals surface area contributed by atoms with E-state index in [1.807, 2.05) is 4.98 Å². The van der Waals surface area contributed by atoms with Gasteiger partial charge in [-0.15, -0.1) is 0 Å². The predicted molar refractivity (Wildman–Crippen MR) is 64.3 cm³/mol. The third-order valence-electron chi connectivity index (χ3n) is 3.09. The lowest BCUT2D eigenvalue weighted by Crippen LogP contribution is -2.13. The Morgan fingerprint density at radius 2 is 2.10 bits per heavy atom. The summed E-state index contributed by atoms with van der Waals surface area (Å²) >= 11 is 0. The molecule has 0 atom stereocenters. The van der Waals surface area contributed by atoms with Crippen LogP contribution in [0.5, 0.6) is 0 Å². The first-order valence-electron chi connectivity index (χ1n) is 6.06. The smallest absolute Gasteiger partial charge is 0.347 e. The van der Waals surface area contributed by atoms with Gasteiger partial charge in [0.1, 0.15) is 11.4 Å². The average molecular weight is 284 g/mol. The number of aromatic nitrogens is 3. The number of alkyl halides is 3. The maximum absolute atomic E-state index is 12.4.